The Morgan fingerprint density at radius 2 is 1.87 bits per heavy atom. The van der Waals surface area contributed by atoms with E-state index in [9.17, 15) is 9.59 Å². The number of nitrogens with zero attached hydrogens (tertiary/aromatic N) is 2. The minimum absolute atomic E-state index is 0.0758. The van der Waals surface area contributed by atoms with Crippen LogP contribution in [0.5, 0.6) is 0 Å². The Balaban J connectivity index is 3.07. The van der Waals surface area contributed by atoms with E-state index in [0.29, 0.717) is 0 Å². The molecule has 1 amide bonds. The SMILES string of the molecule is CC(C)n1ccn(C(C)C(=O)NN)c1=O. The third kappa shape index (κ3) is 2.10. The molecule has 0 saturated carbocycles. The first-order valence-electron chi connectivity index (χ1n) is 4.78. The van der Waals surface area contributed by atoms with Crippen LogP contribution < -0.4 is 17.0 Å². The maximum Gasteiger partial charge on any atom is 0.329 e. The largest absolute Gasteiger partial charge is 0.329 e. The topological polar surface area (TPSA) is 82.1 Å². The Kier molecular flexibility index (Phi) is 3.31. The molecule has 1 atom stereocenters. The highest BCUT2D eigenvalue weighted by Gasteiger charge is 2.17. The molecule has 0 bridgehead atoms. The molecular weight excluding hydrogens is 196 g/mol. The van der Waals surface area contributed by atoms with Crippen molar-refractivity contribution in [1.29, 1.82) is 0 Å². The minimum atomic E-state index is -0.595. The molecule has 6 heteroatoms. The Morgan fingerprint density at radius 3 is 2.27 bits per heavy atom. The Hall–Kier alpha value is -1.56. The lowest BCUT2D eigenvalue weighted by molar-refractivity contribution is -0.124. The van der Waals surface area contributed by atoms with Crippen molar-refractivity contribution in [3.8, 4) is 0 Å². The zero-order valence-electron chi connectivity index (χ0n) is 9.10. The maximum absolute atomic E-state index is 11.8. The van der Waals surface area contributed by atoms with Crippen molar-refractivity contribution in [3.63, 3.8) is 0 Å². The lowest BCUT2D eigenvalue weighted by Gasteiger charge is -2.10. The molecule has 0 aromatic carbocycles. The minimum Gasteiger partial charge on any atom is -0.297 e. The molecule has 0 aliphatic carbocycles. The third-order valence-corrected chi connectivity index (χ3v) is 2.32. The van der Waals surface area contributed by atoms with E-state index in [1.165, 1.54) is 4.57 Å². The van der Waals surface area contributed by atoms with E-state index in [-0.39, 0.29) is 11.7 Å². The van der Waals surface area contributed by atoms with Gasteiger partial charge in [0.2, 0.25) is 0 Å². The standard InChI is InChI=1S/C9H16N4O2/c1-6(2)12-4-5-13(9(12)15)7(3)8(14)11-10/h4-7H,10H2,1-3H3,(H,11,14). The van der Waals surface area contributed by atoms with Gasteiger partial charge in [0.25, 0.3) is 5.91 Å². The van der Waals surface area contributed by atoms with E-state index in [4.69, 9.17) is 5.84 Å². The van der Waals surface area contributed by atoms with Crippen LogP contribution in [0.15, 0.2) is 17.2 Å². The first-order valence-corrected chi connectivity index (χ1v) is 4.78. The Bertz CT molecular complexity index is 404. The van der Waals surface area contributed by atoms with Crippen molar-refractivity contribution >= 4 is 5.91 Å². The number of nitrogens with one attached hydrogen (secondary N) is 1. The fraction of sp³-hybridized carbons (Fsp3) is 0.556. The van der Waals surface area contributed by atoms with Crippen LogP contribution in [0.4, 0.5) is 0 Å². The number of imidazole rings is 1. The van der Waals surface area contributed by atoms with Crippen LogP contribution in [0, 0.1) is 0 Å². The molecule has 1 rings (SSSR count). The second-order valence-corrected chi connectivity index (χ2v) is 3.67. The fourth-order valence-corrected chi connectivity index (χ4v) is 1.34. The number of amides is 1. The highest BCUT2D eigenvalue weighted by atomic mass is 16.2. The van der Waals surface area contributed by atoms with Gasteiger partial charge >= 0.3 is 5.69 Å². The lowest BCUT2D eigenvalue weighted by atomic mass is 10.3. The summed E-state index contributed by atoms with van der Waals surface area (Å²) in [6.45, 7) is 5.42. The molecule has 15 heavy (non-hydrogen) atoms. The third-order valence-electron chi connectivity index (χ3n) is 2.32. The number of carbonyl (C=O) groups is 1. The van der Waals surface area contributed by atoms with Crippen molar-refractivity contribution in [3.05, 3.63) is 22.9 Å². The Labute approximate surface area is 87.7 Å². The van der Waals surface area contributed by atoms with Gasteiger partial charge in [-0.2, -0.15) is 0 Å². The van der Waals surface area contributed by atoms with Gasteiger partial charge in [0, 0.05) is 18.4 Å². The van der Waals surface area contributed by atoms with Crippen molar-refractivity contribution in [2.45, 2.75) is 32.9 Å². The van der Waals surface area contributed by atoms with Gasteiger partial charge < -0.3 is 0 Å². The molecule has 1 aromatic heterocycles. The normalized spacial score (nSPS) is 12.9. The molecular formula is C9H16N4O2. The number of hydrogen-bond acceptors (Lipinski definition) is 3. The summed E-state index contributed by atoms with van der Waals surface area (Å²) in [6, 6.07) is -0.519. The maximum atomic E-state index is 11.8. The van der Waals surface area contributed by atoms with Gasteiger partial charge in [-0.05, 0) is 20.8 Å². The highest BCUT2D eigenvalue weighted by Crippen LogP contribution is 2.05. The zero-order chi connectivity index (χ0) is 11.6. The van der Waals surface area contributed by atoms with Gasteiger partial charge in [-0.15, -0.1) is 0 Å². The van der Waals surface area contributed by atoms with Crippen molar-refractivity contribution in [2.75, 3.05) is 0 Å². The highest BCUT2D eigenvalue weighted by molar-refractivity contribution is 5.79. The fourth-order valence-electron chi connectivity index (χ4n) is 1.34. The number of nitrogens with two attached hydrogens (primary N) is 1. The van der Waals surface area contributed by atoms with E-state index in [2.05, 4.69) is 0 Å². The summed E-state index contributed by atoms with van der Waals surface area (Å²) >= 11 is 0. The molecule has 1 aromatic rings. The van der Waals surface area contributed by atoms with E-state index < -0.39 is 11.9 Å². The summed E-state index contributed by atoms with van der Waals surface area (Å²) in [5.41, 5.74) is 1.81. The first-order chi connectivity index (χ1) is 6.99. The van der Waals surface area contributed by atoms with Crippen LogP contribution >= 0.6 is 0 Å². The molecule has 3 N–H and O–H groups in total. The van der Waals surface area contributed by atoms with E-state index in [1.807, 2.05) is 19.3 Å². The molecule has 0 aliphatic rings. The number of hydrazine groups is 1. The summed E-state index contributed by atoms with van der Waals surface area (Å²) in [6.07, 6.45) is 3.25. The predicted molar refractivity (Wildman–Crippen MR) is 56.1 cm³/mol. The predicted octanol–water partition coefficient (Wildman–Crippen LogP) is -0.218. The molecule has 1 unspecified atom stereocenters. The van der Waals surface area contributed by atoms with Crippen LogP contribution in [-0.4, -0.2) is 15.0 Å². The molecule has 0 saturated heterocycles. The molecule has 6 nitrogen and oxygen atoms in total. The second kappa shape index (κ2) is 4.31. The summed E-state index contributed by atoms with van der Waals surface area (Å²) in [4.78, 5) is 23.0. The molecule has 1 heterocycles. The quantitative estimate of drug-likeness (QED) is 0.413. The second-order valence-electron chi connectivity index (χ2n) is 3.67. The van der Waals surface area contributed by atoms with Gasteiger partial charge in [0.15, 0.2) is 0 Å². The van der Waals surface area contributed by atoms with E-state index in [1.54, 1.807) is 23.9 Å². The number of rotatable bonds is 3. The molecule has 84 valence electrons. The van der Waals surface area contributed by atoms with Gasteiger partial charge in [0.05, 0.1) is 0 Å². The molecule has 0 aliphatic heterocycles. The van der Waals surface area contributed by atoms with Crippen LogP contribution in [0.25, 0.3) is 0 Å². The lowest BCUT2D eigenvalue weighted by Crippen LogP contribution is -2.39. The van der Waals surface area contributed by atoms with E-state index in [0.717, 1.165) is 0 Å². The van der Waals surface area contributed by atoms with Crippen LogP contribution in [-0.2, 0) is 4.79 Å². The summed E-state index contributed by atoms with van der Waals surface area (Å²) < 4.78 is 2.91. The van der Waals surface area contributed by atoms with Crippen molar-refractivity contribution in [1.82, 2.24) is 14.6 Å². The van der Waals surface area contributed by atoms with Gasteiger partial charge in [0.1, 0.15) is 6.04 Å². The number of carbonyl (C=O) groups excluding carboxylic acids is 1. The average molecular weight is 212 g/mol. The van der Waals surface area contributed by atoms with Gasteiger partial charge in [-0.25, -0.2) is 10.6 Å². The van der Waals surface area contributed by atoms with Gasteiger partial charge in [-0.1, -0.05) is 0 Å². The first kappa shape index (κ1) is 11.5. The smallest absolute Gasteiger partial charge is 0.297 e. The van der Waals surface area contributed by atoms with Crippen molar-refractivity contribution in [2.24, 2.45) is 5.84 Å². The molecule has 0 radical (unpaired) electrons. The van der Waals surface area contributed by atoms with E-state index >= 15 is 0 Å². The van der Waals surface area contributed by atoms with Crippen LogP contribution in [0.2, 0.25) is 0 Å². The summed E-state index contributed by atoms with van der Waals surface area (Å²) in [5.74, 6) is 4.62. The Morgan fingerprint density at radius 1 is 1.33 bits per heavy atom. The van der Waals surface area contributed by atoms with Crippen LogP contribution in [0.3, 0.4) is 0 Å². The molecule has 0 fully saturated rings. The summed E-state index contributed by atoms with van der Waals surface area (Å²) in [7, 11) is 0. The monoisotopic (exact) mass is 212 g/mol. The number of hydrogen-bond donors (Lipinski definition) is 2. The van der Waals surface area contributed by atoms with Crippen LogP contribution in [0.1, 0.15) is 32.9 Å². The van der Waals surface area contributed by atoms with Gasteiger partial charge in [-0.3, -0.25) is 19.4 Å². The number of aromatic nitrogens is 2. The summed E-state index contributed by atoms with van der Waals surface area (Å²) in [5, 5.41) is 0. The molecule has 0 spiro atoms. The average Bonchev–Trinajstić information content (AvgIpc) is 2.57. The van der Waals surface area contributed by atoms with Crippen molar-refractivity contribution < 1.29 is 4.79 Å². The zero-order valence-corrected chi connectivity index (χ0v) is 9.10.